The van der Waals surface area contributed by atoms with Crippen LogP contribution in [0.2, 0.25) is 0 Å². The summed E-state index contributed by atoms with van der Waals surface area (Å²) in [5.41, 5.74) is 2.02. The zero-order valence-electron chi connectivity index (χ0n) is 17.4. The van der Waals surface area contributed by atoms with Gasteiger partial charge in [-0.2, -0.15) is 0 Å². The fraction of sp³-hybridized carbons (Fsp3) is 0.545. The lowest BCUT2D eigenvalue weighted by atomic mass is 9.72. The molecule has 3 rings (SSSR count). The Bertz CT molecular complexity index is 842. The Morgan fingerprint density at radius 1 is 1.29 bits per heavy atom. The van der Waals surface area contributed by atoms with Crippen LogP contribution in [0.4, 0.5) is 5.00 Å². The van der Waals surface area contributed by atoms with Gasteiger partial charge in [-0.3, -0.25) is 9.59 Å². The molecular formula is C22H30N2O3S. The number of hydrogen-bond acceptors (Lipinski definition) is 4. The Labute approximate surface area is 171 Å². The quantitative estimate of drug-likeness (QED) is 0.745. The Morgan fingerprint density at radius 2 is 2.00 bits per heavy atom. The van der Waals surface area contributed by atoms with Crippen LogP contribution >= 0.6 is 11.3 Å². The molecule has 2 amide bonds. The van der Waals surface area contributed by atoms with Crippen LogP contribution in [0.5, 0.6) is 0 Å². The molecule has 1 aliphatic carbocycles. The molecular weight excluding hydrogens is 372 g/mol. The standard InChI is InChI=1S/C22H30N2O3S/c1-6-24(7-2)21(26)18-15-11-10-14(22(3,4)5)13-17(15)28-20(18)23-19(25)16-9-8-12-27-16/h8-9,12,14H,6-7,10-11,13H2,1-5H3,(H,23,25). The highest BCUT2D eigenvalue weighted by molar-refractivity contribution is 7.17. The summed E-state index contributed by atoms with van der Waals surface area (Å²) >= 11 is 1.55. The molecule has 2 aromatic heterocycles. The highest BCUT2D eigenvalue weighted by Gasteiger charge is 2.35. The summed E-state index contributed by atoms with van der Waals surface area (Å²) in [6.45, 7) is 12.1. The van der Waals surface area contributed by atoms with E-state index in [1.54, 1.807) is 23.5 Å². The Kier molecular flexibility index (Phi) is 5.98. The number of furan rings is 1. The third-order valence-corrected chi connectivity index (χ3v) is 6.90. The van der Waals surface area contributed by atoms with E-state index in [1.807, 2.05) is 18.7 Å². The zero-order valence-corrected chi connectivity index (χ0v) is 18.2. The second kappa shape index (κ2) is 8.11. The molecule has 0 saturated heterocycles. The monoisotopic (exact) mass is 402 g/mol. The summed E-state index contributed by atoms with van der Waals surface area (Å²) in [6.07, 6.45) is 4.38. The minimum Gasteiger partial charge on any atom is -0.459 e. The SMILES string of the molecule is CCN(CC)C(=O)c1c(NC(=O)c2ccco2)sc2c1CCC(C(C)(C)C)C2. The van der Waals surface area contributed by atoms with Crippen molar-refractivity contribution in [2.75, 3.05) is 18.4 Å². The van der Waals surface area contributed by atoms with E-state index >= 15 is 0 Å². The first-order chi connectivity index (χ1) is 13.3. The minimum atomic E-state index is -0.315. The number of carbonyl (C=O) groups is 2. The molecule has 5 nitrogen and oxygen atoms in total. The van der Waals surface area contributed by atoms with Crippen molar-refractivity contribution >= 4 is 28.2 Å². The van der Waals surface area contributed by atoms with Gasteiger partial charge in [0.25, 0.3) is 11.8 Å². The zero-order chi connectivity index (χ0) is 20.5. The first kappa shape index (κ1) is 20.6. The second-order valence-corrected chi connectivity index (χ2v) is 9.53. The van der Waals surface area contributed by atoms with E-state index in [4.69, 9.17) is 4.42 Å². The van der Waals surface area contributed by atoms with Crippen LogP contribution in [0.1, 0.15) is 72.4 Å². The van der Waals surface area contributed by atoms with Crippen molar-refractivity contribution in [3.05, 3.63) is 40.2 Å². The molecule has 152 valence electrons. The third-order valence-electron chi connectivity index (χ3n) is 5.73. The molecule has 1 aliphatic rings. The van der Waals surface area contributed by atoms with Crippen LogP contribution < -0.4 is 5.32 Å². The highest BCUT2D eigenvalue weighted by atomic mass is 32.1. The fourth-order valence-electron chi connectivity index (χ4n) is 3.88. The van der Waals surface area contributed by atoms with E-state index in [2.05, 4.69) is 26.1 Å². The highest BCUT2D eigenvalue weighted by Crippen LogP contribution is 2.44. The molecule has 1 unspecified atom stereocenters. The molecule has 0 bridgehead atoms. The number of amides is 2. The van der Waals surface area contributed by atoms with Crippen molar-refractivity contribution in [2.24, 2.45) is 11.3 Å². The van der Waals surface area contributed by atoms with Crippen molar-refractivity contribution in [2.45, 2.75) is 53.9 Å². The summed E-state index contributed by atoms with van der Waals surface area (Å²) in [6, 6.07) is 3.31. The predicted molar refractivity (Wildman–Crippen MR) is 113 cm³/mol. The number of hydrogen-bond donors (Lipinski definition) is 1. The van der Waals surface area contributed by atoms with Gasteiger partial charge in [0.05, 0.1) is 11.8 Å². The third kappa shape index (κ3) is 4.02. The first-order valence-electron chi connectivity index (χ1n) is 10.0. The average molecular weight is 403 g/mol. The Morgan fingerprint density at radius 3 is 2.57 bits per heavy atom. The average Bonchev–Trinajstić information content (AvgIpc) is 3.29. The van der Waals surface area contributed by atoms with Gasteiger partial charge >= 0.3 is 0 Å². The normalized spacial score (nSPS) is 16.5. The molecule has 28 heavy (non-hydrogen) atoms. The lowest BCUT2D eigenvalue weighted by Crippen LogP contribution is -2.32. The minimum absolute atomic E-state index is 0.00598. The summed E-state index contributed by atoms with van der Waals surface area (Å²) in [7, 11) is 0. The van der Waals surface area contributed by atoms with Gasteiger partial charge in [-0.1, -0.05) is 20.8 Å². The molecule has 0 aliphatic heterocycles. The maximum atomic E-state index is 13.3. The summed E-state index contributed by atoms with van der Waals surface area (Å²) in [5.74, 6) is 0.514. The Balaban J connectivity index is 1.99. The largest absolute Gasteiger partial charge is 0.459 e. The molecule has 2 aromatic rings. The molecule has 1 N–H and O–H groups in total. The predicted octanol–water partition coefficient (Wildman–Crippen LogP) is 5.23. The molecule has 1 atom stereocenters. The topological polar surface area (TPSA) is 62.6 Å². The van der Waals surface area contributed by atoms with E-state index in [-0.39, 0.29) is 23.0 Å². The van der Waals surface area contributed by atoms with E-state index in [0.29, 0.717) is 29.6 Å². The van der Waals surface area contributed by atoms with Crippen LogP contribution in [0.3, 0.4) is 0 Å². The van der Waals surface area contributed by atoms with Crippen LogP contribution in [0.25, 0.3) is 0 Å². The number of thiophene rings is 1. The number of nitrogens with one attached hydrogen (secondary N) is 1. The van der Waals surface area contributed by atoms with E-state index in [1.165, 1.54) is 11.1 Å². The number of rotatable bonds is 5. The number of carbonyl (C=O) groups excluding carboxylic acids is 2. The van der Waals surface area contributed by atoms with Gasteiger partial charge in [0.15, 0.2) is 5.76 Å². The summed E-state index contributed by atoms with van der Waals surface area (Å²) in [4.78, 5) is 28.9. The molecule has 0 fully saturated rings. The molecule has 0 spiro atoms. The summed E-state index contributed by atoms with van der Waals surface area (Å²) < 4.78 is 5.22. The van der Waals surface area contributed by atoms with Crippen molar-refractivity contribution in [3.8, 4) is 0 Å². The number of nitrogens with zero attached hydrogens (tertiary/aromatic N) is 1. The van der Waals surface area contributed by atoms with Crippen LogP contribution in [-0.2, 0) is 12.8 Å². The van der Waals surface area contributed by atoms with Gasteiger partial charge in [-0.25, -0.2) is 0 Å². The van der Waals surface area contributed by atoms with Gasteiger partial charge in [0.1, 0.15) is 5.00 Å². The molecule has 6 heteroatoms. The molecule has 0 aromatic carbocycles. The van der Waals surface area contributed by atoms with Crippen LogP contribution in [-0.4, -0.2) is 29.8 Å². The van der Waals surface area contributed by atoms with Gasteiger partial charge in [-0.05, 0) is 62.1 Å². The molecule has 2 heterocycles. The Hall–Kier alpha value is -2.08. The fourth-order valence-corrected chi connectivity index (χ4v) is 5.20. The van der Waals surface area contributed by atoms with Crippen molar-refractivity contribution in [1.29, 1.82) is 0 Å². The van der Waals surface area contributed by atoms with Gasteiger partial charge in [0, 0.05) is 18.0 Å². The maximum Gasteiger partial charge on any atom is 0.291 e. The summed E-state index contributed by atoms with van der Waals surface area (Å²) in [5, 5.41) is 3.60. The van der Waals surface area contributed by atoms with Gasteiger partial charge in [0.2, 0.25) is 0 Å². The van der Waals surface area contributed by atoms with E-state index in [0.717, 1.165) is 24.8 Å². The van der Waals surface area contributed by atoms with Gasteiger partial charge in [-0.15, -0.1) is 11.3 Å². The van der Waals surface area contributed by atoms with E-state index < -0.39 is 0 Å². The number of fused-ring (bicyclic) bond motifs is 1. The van der Waals surface area contributed by atoms with Crippen LogP contribution in [0, 0.1) is 11.3 Å². The smallest absolute Gasteiger partial charge is 0.291 e. The first-order valence-corrected chi connectivity index (χ1v) is 10.9. The van der Waals surface area contributed by atoms with Crippen molar-refractivity contribution < 1.29 is 14.0 Å². The lowest BCUT2D eigenvalue weighted by Gasteiger charge is -2.34. The molecule has 0 radical (unpaired) electrons. The van der Waals surface area contributed by atoms with E-state index in [9.17, 15) is 9.59 Å². The second-order valence-electron chi connectivity index (χ2n) is 8.42. The van der Waals surface area contributed by atoms with Crippen LogP contribution in [0.15, 0.2) is 22.8 Å². The lowest BCUT2D eigenvalue weighted by molar-refractivity contribution is 0.0772. The van der Waals surface area contributed by atoms with Crippen molar-refractivity contribution in [3.63, 3.8) is 0 Å². The molecule has 0 saturated carbocycles. The van der Waals surface area contributed by atoms with Gasteiger partial charge < -0.3 is 14.6 Å². The van der Waals surface area contributed by atoms with Crippen molar-refractivity contribution in [1.82, 2.24) is 4.90 Å². The number of anilines is 1. The maximum absolute atomic E-state index is 13.3.